The first-order valence-corrected chi connectivity index (χ1v) is 8.92. The molecule has 1 aliphatic rings. The summed E-state index contributed by atoms with van der Waals surface area (Å²) >= 11 is 0. The van der Waals surface area contributed by atoms with E-state index in [-0.39, 0.29) is 11.6 Å². The topological polar surface area (TPSA) is 44.8 Å². The fraction of sp³-hybridized carbons (Fsp3) is 0.944. The Bertz CT molecular complexity index is 371. The van der Waals surface area contributed by atoms with Crippen molar-refractivity contribution in [3.05, 3.63) is 0 Å². The molecule has 1 N–H and O–H groups in total. The number of nitrogens with zero attached hydrogens (tertiary/aromatic N) is 2. The predicted octanol–water partition coefficient (Wildman–Crippen LogP) is 3.10. The Morgan fingerprint density at radius 3 is 2.39 bits per heavy atom. The molecular formula is C18H37N3O2. The van der Waals surface area contributed by atoms with E-state index in [2.05, 4.69) is 17.3 Å². The molecule has 0 aromatic heterocycles. The summed E-state index contributed by atoms with van der Waals surface area (Å²) in [5.41, 5.74) is -0.704. The molecule has 1 aliphatic heterocycles. The van der Waals surface area contributed by atoms with Crippen molar-refractivity contribution in [1.82, 2.24) is 15.1 Å². The average molecular weight is 328 g/mol. The van der Waals surface area contributed by atoms with Gasteiger partial charge >= 0.3 is 6.09 Å². The molecule has 136 valence electrons. The van der Waals surface area contributed by atoms with Gasteiger partial charge in [0, 0.05) is 31.2 Å². The normalized spacial score (nSPS) is 20.4. The number of amides is 1. The molecule has 0 aromatic carbocycles. The Morgan fingerprint density at radius 2 is 1.87 bits per heavy atom. The minimum atomic E-state index is -0.460. The highest BCUT2D eigenvalue weighted by atomic mass is 16.6. The Kier molecular flexibility index (Phi) is 7.33. The lowest BCUT2D eigenvalue weighted by Crippen LogP contribution is -2.51. The zero-order chi connectivity index (χ0) is 17.7. The van der Waals surface area contributed by atoms with E-state index in [4.69, 9.17) is 4.74 Å². The SMILES string of the molecule is CN1CCCCC1CNCCN(C(=O)OC(C)(C)C)C(C)(C)C. The predicted molar refractivity (Wildman–Crippen MR) is 95.8 cm³/mol. The van der Waals surface area contributed by atoms with Crippen molar-refractivity contribution in [2.24, 2.45) is 0 Å². The van der Waals surface area contributed by atoms with Crippen molar-refractivity contribution in [3.8, 4) is 0 Å². The maximum absolute atomic E-state index is 12.4. The van der Waals surface area contributed by atoms with Gasteiger partial charge in [-0.05, 0) is 68.0 Å². The fourth-order valence-electron chi connectivity index (χ4n) is 2.88. The highest BCUT2D eigenvalue weighted by Gasteiger charge is 2.30. The van der Waals surface area contributed by atoms with Crippen LogP contribution in [-0.2, 0) is 4.74 Å². The van der Waals surface area contributed by atoms with Gasteiger partial charge in [0.25, 0.3) is 0 Å². The van der Waals surface area contributed by atoms with Gasteiger partial charge < -0.3 is 19.9 Å². The average Bonchev–Trinajstić information content (AvgIpc) is 2.36. The molecule has 1 rings (SSSR count). The lowest BCUT2D eigenvalue weighted by Gasteiger charge is -2.37. The molecule has 0 radical (unpaired) electrons. The number of ether oxygens (including phenoxy) is 1. The summed E-state index contributed by atoms with van der Waals surface area (Å²) in [5, 5.41) is 3.51. The van der Waals surface area contributed by atoms with E-state index in [1.807, 2.05) is 46.4 Å². The summed E-state index contributed by atoms with van der Waals surface area (Å²) in [5.74, 6) is 0. The molecule has 1 atom stereocenters. The van der Waals surface area contributed by atoms with E-state index in [0.717, 1.165) is 13.1 Å². The monoisotopic (exact) mass is 327 g/mol. The van der Waals surface area contributed by atoms with Gasteiger partial charge in [0.05, 0.1) is 0 Å². The van der Waals surface area contributed by atoms with Crippen LogP contribution in [0.4, 0.5) is 4.79 Å². The number of nitrogens with one attached hydrogen (secondary N) is 1. The molecule has 0 aromatic rings. The minimum absolute atomic E-state index is 0.235. The largest absolute Gasteiger partial charge is 0.444 e. The van der Waals surface area contributed by atoms with Crippen LogP contribution < -0.4 is 5.32 Å². The van der Waals surface area contributed by atoms with E-state index in [9.17, 15) is 4.79 Å². The number of hydrogen-bond donors (Lipinski definition) is 1. The summed E-state index contributed by atoms with van der Waals surface area (Å²) in [6, 6.07) is 0.619. The van der Waals surface area contributed by atoms with Gasteiger partial charge in [0.2, 0.25) is 0 Å². The first-order valence-electron chi connectivity index (χ1n) is 8.92. The Morgan fingerprint density at radius 1 is 1.22 bits per heavy atom. The third-order valence-corrected chi connectivity index (χ3v) is 4.24. The van der Waals surface area contributed by atoms with Crippen molar-refractivity contribution in [1.29, 1.82) is 0 Å². The van der Waals surface area contributed by atoms with Crippen LogP contribution in [0.2, 0.25) is 0 Å². The second-order valence-electron chi connectivity index (χ2n) is 8.64. The van der Waals surface area contributed by atoms with Gasteiger partial charge in [-0.15, -0.1) is 0 Å². The van der Waals surface area contributed by atoms with Gasteiger partial charge in [0.1, 0.15) is 5.60 Å². The van der Waals surface area contributed by atoms with Gasteiger partial charge in [-0.3, -0.25) is 0 Å². The van der Waals surface area contributed by atoms with Crippen molar-refractivity contribution in [2.45, 2.75) is 78.0 Å². The highest BCUT2D eigenvalue weighted by Crippen LogP contribution is 2.18. The van der Waals surface area contributed by atoms with Gasteiger partial charge in [-0.2, -0.15) is 0 Å². The Hall–Kier alpha value is -0.810. The van der Waals surface area contributed by atoms with E-state index in [1.165, 1.54) is 25.8 Å². The number of piperidine rings is 1. The first-order chi connectivity index (χ1) is 10.5. The number of hydrogen-bond acceptors (Lipinski definition) is 4. The lowest BCUT2D eigenvalue weighted by molar-refractivity contribution is 0.00653. The third kappa shape index (κ3) is 7.53. The highest BCUT2D eigenvalue weighted by molar-refractivity contribution is 5.69. The molecule has 1 saturated heterocycles. The minimum Gasteiger partial charge on any atom is -0.444 e. The molecule has 23 heavy (non-hydrogen) atoms. The summed E-state index contributed by atoms with van der Waals surface area (Å²) in [6.07, 6.45) is 3.66. The molecule has 0 spiro atoms. The van der Waals surface area contributed by atoms with Gasteiger partial charge in [-0.25, -0.2) is 4.79 Å². The summed E-state index contributed by atoms with van der Waals surface area (Å²) in [4.78, 5) is 16.7. The van der Waals surface area contributed by atoms with E-state index in [0.29, 0.717) is 12.6 Å². The Labute approximate surface area is 142 Å². The van der Waals surface area contributed by atoms with Gasteiger partial charge in [-0.1, -0.05) is 6.42 Å². The first kappa shape index (κ1) is 20.2. The zero-order valence-corrected chi connectivity index (χ0v) is 16.2. The molecule has 1 heterocycles. The van der Waals surface area contributed by atoms with Crippen LogP contribution in [0.1, 0.15) is 60.8 Å². The van der Waals surface area contributed by atoms with Crippen LogP contribution in [0.3, 0.4) is 0 Å². The van der Waals surface area contributed by atoms with E-state index >= 15 is 0 Å². The molecule has 0 aliphatic carbocycles. The number of carbonyl (C=O) groups excluding carboxylic acids is 1. The molecule has 1 unspecified atom stereocenters. The molecule has 5 heteroatoms. The van der Waals surface area contributed by atoms with E-state index in [1.54, 1.807) is 0 Å². The maximum Gasteiger partial charge on any atom is 0.410 e. The van der Waals surface area contributed by atoms with Crippen LogP contribution in [0.15, 0.2) is 0 Å². The van der Waals surface area contributed by atoms with E-state index < -0.39 is 5.60 Å². The van der Waals surface area contributed by atoms with Crippen molar-refractivity contribution < 1.29 is 9.53 Å². The smallest absolute Gasteiger partial charge is 0.410 e. The number of likely N-dealkylation sites (tertiary alicyclic amines) is 1. The number of likely N-dealkylation sites (N-methyl/N-ethyl adjacent to an activating group) is 1. The third-order valence-electron chi connectivity index (χ3n) is 4.24. The second-order valence-corrected chi connectivity index (χ2v) is 8.64. The standard InChI is InChI=1S/C18H37N3O2/c1-17(2,3)21(16(22)23-18(4,5)6)13-11-19-14-15-10-8-9-12-20(15)7/h15,19H,8-14H2,1-7H3. The summed E-state index contributed by atoms with van der Waals surface area (Å²) in [6.45, 7) is 15.5. The molecular weight excluding hydrogens is 290 g/mol. The van der Waals surface area contributed by atoms with Crippen LogP contribution in [-0.4, -0.2) is 66.3 Å². The van der Waals surface area contributed by atoms with Crippen molar-refractivity contribution in [2.75, 3.05) is 33.2 Å². The lowest BCUT2D eigenvalue weighted by atomic mass is 10.0. The molecule has 1 amide bonds. The summed E-state index contributed by atoms with van der Waals surface area (Å²) in [7, 11) is 2.20. The van der Waals surface area contributed by atoms with Crippen LogP contribution in [0.25, 0.3) is 0 Å². The summed E-state index contributed by atoms with van der Waals surface area (Å²) < 4.78 is 5.54. The van der Waals surface area contributed by atoms with Crippen molar-refractivity contribution >= 4 is 6.09 Å². The maximum atomic E-state index is 12.4. The molecule has 0 bridgehead atoms. The second kappa shape index (κ2) is 8.34. The quantitative estimate of drug-likeness (QED) is 0.788. The zero-order valence-electron chi connectivity index (χ0n) is 16.2. The molecule has 0 saturated carbocycles. The molecule has 5 nitrogen and oxygen atoms in total. The van der Waals surface area contributed by atoms with Crippen LogP contribution in [0, 0.1) is 0 Å². The van der Waals surface area contributed by atoms with Crippen LogP contribution >= 0.6 is 0 Å². The Balaban J connectivity index is 2.44. The number of carbonyl (C=O) groups is 1. The van der Waals surface area contributed by atoms with Gasteiger partial charge in [0.15, 0.2) is 0 Å². The number of rotatable bonds is 5. The van der Waals surface area contributed by atoms with Crippen LogP contribution in [0.5, 0.6) is 0 Å². The molecule has 1 fully saturated rings. The fourth-order valence-corrected chi connectivity index (χ4v) is 2.88. The van der Waals surface area contributed by atoms with Crippen molar-refractivity contribution in [3.63, 3.8) is 0 Å².